The summed E-state index contributed by atoms with van der Waals surface area (Å²) in [5, 5.41) is 0. The van der Waals surface area contributed by atoms with Gasteiger partial charge in [0.15, 0.2) is 11.6 Å². The smallest absolute Gasteiger partial charge is 0.163 e. The first-order valence-corrected chi connectivity index (χ1v) is 3.44. The predicted octanol–water partition coefficient (Wildman–Crippen LogP) is 1.67. The molecule has 60 valence electrons. The SMILES string of the molecule is C/C=C/C=C(C(C)=O)C(C)=O. The van der Waals surface area contributed by atoms with Gasteiger partial charge in [0, 0.05) is 0 Å². The Morgan fingerprint density at radius 1 is 1.09 bits per heavy atom. The number of carbonyl (C=O) groups is 2. The Kier molecular flexibility index (Phi) is 4.11. The zero-order valence-corrected chi connectivity index (χ0v) is 7.05. The van der Waals surface area contributed by atoms with Crippen molar-refractivity contribution >= 4 is 11.6 Å². The number of Topliss-reactive ketones (excluding diaryl/α,β-unsaturated/α-hetero) is 2. The van der Waals surface area contributed by atoms with Gasteiger partial charge in [-0.05, 0) is 26.8 Å². The van der Waals surface area contributed by atoms with Crippen LogP contribution in [0.5, 0.6) is 0 Å². The van der Waals surface area contributed by atoms with E-state index >= 15 is 0 Å². The Labute approximate surface area is 66.6 Å². The lowest BCUT2D eigenvalue weighted by atomic mass is 10.1. The van der Waals surface area contributed by atoms with Crippen LogP contribution in [0.1, 0.15) is 20.8 Å². The summed E-state index contributed by atoms with van der Waals surface area (Å²) < 4.78 is 0. The molecule has 2 heteroatoms. The van der Waals surface area contributed by atoms with Crippen molar-refractivity contribution in [1.29, 1.82) is 0 Å². The molecule has 0 aliphatic rings. The summed E-state index contributed by atoms with van der Waals surface area (Å²) >= 11 is 0. The van der Waals surface area contributed by atoms with Gasteiger partial charge in [-0.25, -0.2) is 0 Å². The molecule has 0 aromatic rings. The largest absolute Gasteiger partial charge is 0.294 e. The summed E-state index contributed by atoms with van der Waals surface area (Å²) in [4.78, 5) is 21.5. The summed E-state index contributed by atoms with van der Waals surface area (Å²) in [5.74, 6) is -0.369. The molecule has 0 spiro atoms. The average molecular weight is 152 g/mol. The van der Waals surface area contributed by atoms with Gasteiger partial charge in [0.25, 0.3) is 0 Å². The Balaban J connectivity index is 4.60. The molecule has 11 heavy (non-hydrogen) atoms. The fraction of sp³-hybridized carbons (Fsp3) is 0.333. The fourth-order valence-electron chi connectivity index (χ4n) is 0.675. The minimum Gasteiger partial charge on any atom is -0.294 e. The highest BCUT2D eigenvalue weighted by molar-refractivity contribution is 6.18. The third kappa shape index (κ3) is 3.50. The number of hydrogen-bond acceptors (Lipinski definition) is 2. The van der Waals surface area contributed by atoms with Crippen molar-refractivity contribution in [3.8, 4) is 0 Å². The van der Waals surface area contributed by atoms with E-state index in [0.717, 1.165) is 0 Å². The maximum absolute atomic E-state index is 10.8. The lowest BCUT2D eigenvalue weighted by Crippen LogP contribution is -2.05. The number of allylic oxidation sites excluding steroid dienone is 4. The van der Waals surface area contributed by atoms with Crippen LogP contribution in [0.4, 0.5) is 0 Å². The summed E-state index contributed by atoms with van der Waals surface area (Å²) in [5.41, 5.74) is 0.253. The molecule has 0 N–H and O–H groups in total. The second-order valence-corrected chi connectivity index (χ2v) is 2.22. The highest BCUT2D eigenvalue weighted by atomic mass is 16.1. The second kappa shape index (κ2) is 4.61. The van der Waals surface area contributed by atoms with E-state index < -0.39 is 0 Å². The second-order valence-electron chi connectivity index (χ2n) is 2.22. The molecule has 0 aliphatic carbocycles. The zero-order chi connectivity index (χ0) is 8.85. The first-order valence-electron chi connectivity index (χ1n) is 3.44. The highest BCUT2D eigenvalue weighted by Crippen LogP contribution is 1.98. The van der Waals surface area contributed by atoms with E-state index in [0.29, 0.717) is 0 Å². The molecule has 2 nitrogen and oxygen atoms in total. The Bertz CT molecular complexity index is 206. The average Bonchev–Trinajstić information content (AvgIpc) is 1.87. The molecule has 0 heterocycles. The summed E-state index contributed by atoms with van der Waals surface area (Å²) in [6.07, 6.45) is 4.98. The van der Waals surface area contributed by atoms with E-state index in [2.05, 4.69) is 0 Å². The van der Waals surface area contributed by atoms with Gasteiger partial charge in [-0.15, -0.1) is 0 Å². The zero-order valence-electron chi connectivity index (χ0n) is 7.05. The molecule has 0 unspecified atom stereocenters. The van der Waals surface area contributed by atoms with E-state index in [-0.39, 0.29) is 17.1 Å². The van der Waals surface area contributed by atoms with Crippen molar-refractivity contribution in [2.24, 2.45) is 0 Å². The lowest BCUT2D eigenvalue weighted by molar-refractivity contribution is -0.119. The van der Waals surface area contributed by atoms with Crippen LogP contribution in [0.2, 0.25) is 0 Å². The highest BCUT2D eigenvalue weighted by Gasteiger charge is 2.06. The van der Waals surface area contributed by atoms with Crippen LogP contribution in [0, 0.1) is 0 Å². The van der Waals surface area contributed by atoms with Crippen LogP contribution < -0.4 is 0 Å². The summed E-state index contributed by atoms with van der Waals surface area (Å²) in [6, 6.07) is 0. The maximum atomic E-state index is 10.8. The molecule has 0 fully saturated rings. The quantitative estimate of drug-likeness (QED) is 0.267. The molecule has 0 saturated carbocycles. The van der Waals surface area contributed by atoms with Gasteiger partial charge in [-0.1, -0.05) is 12.2 Å². The Morgan fingerprint density at radius 2 is 1.55 bits per heavy atom. The third-order valence-corrected chi connectivity index (χ3v) is 1.21. The number of ketones is 2. The molecule has 0 rings (SSSR count). The molecule has 0 radical (unpaired) electrons. The summed E-state index contributed by atoms with van der Waals surface area (Å²) in [6.45, 7) is 4.60. The van der Waals surface area contributed by atoms with Crippen LogP contribution >= 0.6 is 0 Å². The minimum absolute atomic E-state index is 0.185. The van der Waals surface area contributed by atoms with E-state index in [1.165, 1.54) is 19.9 Å². The summed E-state index contributed by atoms with van der Waals surface area (Å²) in [7, 11) is 0. The first-order chi connectivity index (χ1) is 5.09. The molecule has 0 bridgehead atoms. The van der Waals surface area contributed by atoms with Gasteiger partial charge in [-0.2, -0.15) is 0 Å². The van der Waals surface area contributed by atoms with E-state index in [4.69, 9.17) is 0 Å². The van der Waals surface area contributed by atoms with E-state index in [1.54, 1.807) is 12.2 Å². The van der Waals surface area contributed by atoms with Gasteiger partial charge < -0.3 is 0 Å². The lowest BCUT2D eigenvalue weighted by Gasteiger charge is -1.93. The number of carbonyl (C=O) groups excluding carboxylic acids is 2. The van der Waals surface area contributed by atoms with Crippen molar-refractivity contribution < 1.29 is 9.59 Å². The van der Waals surface area contributed by atoms with Crippen molar-refractivity contribution in [1.82, 2.24) is 0 Å². The standard InChI is InChI=1S/C9H12O2/c1-4-5-6-9(7(2)10)8(3)11/h4-6H,1-3H3/b5-4+. The monoisotopic (exact) mass is 152 g/mol. The normalized spacial score (nSPS) is 9.73. The first kappa shape index (κ1) is 9.82. The van der Waals surface area contributed by atoms with Crippen LogP contribution in [-0.2, 0) is 9.59 Å². The molecular formula is C9H12O2. The fourth-order valence-corrected chi connectivity index (χ4v) is 0.675. The maximum Gasteiger partial charge on any atom is 0.163 e. The van der Waals surface area contributed by atoms with Gasteiger partial charge in [0.1, 0.15) is 0 Å². The molecular weight excluding hydrogens is 140 g/mol. The van der Waals surface area contributed by atoms with Crippen molar-refractivity contribution in [2.45, 2.75) is 20.8 Å². The number of rotatable bonds is 3. The molecule has 0 atom stereocenters. The van der Waals surface area contributed by atoms with Crippen LogP contribution in [0.3, 0.4) is 0 Å². The van der Waals surface area contributed by atoms with Gasteiger partial charge >= 0.3 is 0 Å². The third-order valence-electron chi connectivity index (χ3n) is 1.21. The van der Waals surface area contributed by atoms with Crippen molar-refractivity contribution in [3.05, 3.63) is 23.8 Å². The molecule has 0 aromatic carbocycles. The van der Waals surface area contributed by atoms with Crippen LogP contribution in [0.15, 0.2) is 23.8 Å². The molecule has 0 aliphatic heterocycles. The van der Waals surface area contributed by atoms with Crippen LogP contribution in [-0.4, -0.2) is 11.6 Å². The van der Waals surface area contributed by atoms with Gasteiger partial charge in [0.05, 0.1) is 5.57 Å². The van der Waals surface area contributed by atoms with Gasteiger partial charge in [0.2, 0.25) is 0 Å². The topological polar surface area (TPSA) is 34.1 Å². The number of hydrogen-bond donors (Lipinski definition) is 0. The Morgan fingerprint density at radius 3 is 1.82 bits per heavy atom. The van der Waals surface area contributed by atoms with Gasteiger partial charge in [-0.3, -0.25) is 9.59 Å². The molecule has 0 aromatic heterocycles. The predicted molar refractivity (Wildman–Crippen MR) is 44.3 cm³/mol. The van der Waals surface area contributed by atoms with E-state index in [9.17, 15) is 9.59 Å². The van der Waals surface area contributed by atoms with E-state index in [1.807, 2.05) is 6.92 Å². The molecule has 0 amide bonds. The van der Waals surface area contributed by atoms with Crippen molar-refractivity contribution in [2.75, 3.05) is 0 Å². The van der Waals surface area contributed by atoms with Crippen molar-refractivity contribution in [3.63, 3.8) is 0 Å². The Hall–Kier alpha value is -1.18. The minimum atomic E-state index is -0.185. The van der Waals surface area contributed by atoms with Crippen LogP contribution in [0.25, 0.3) is 0 Å². The molecule has 0 saturated heterocycles.